The van der Waals surface area contributed by atoms with Crippen LogP contribution in [0, 0.1) is 15.9 Å². The average Bonchev–Trinajstić information content (AvgIpc) is 2.17. The highest BCUT2D eigenvalue weighted by Crippen LogP contribution is 2.24. The van der Waals surface area contributed by atoms with Gasteiger partial charge in [-0.15, -0.1) is 0 Å². The Morgan fingerprint density at radius 1 is 1.60 bits per heavy atom. The van der Waals surface area contributed by atoms with Crippen LogP contribution >= 0.6 is 0 Å². The molecule has 15 heavy (non-hydrogen) atoms. The van der Waals surface area contributed by atoms with Gasteiger partial charge in [0.1, 0.15) is 11.5 Å². The number of anilines is 1. The topological polar surface area (TPSA) is 72.2 Å². The lowest BCUT2D eigenvalue weighted by molar-refractivity contribution is -0.384. The van der Waals surface area contributed by atoms with Crippen molar-refractivity contribution < 1.29 is 14.1 Å². The van der Waals surface area contributed by atoms with E-state index in [9.17, 15) is 19.3 Å². The molecule has 0 aliphatic rings. The molecule has 0 aliphatic heterocycles. The van der Waals surface area contributed by atoms with Crippen LogP contribution in [0.15, 0.2) is 18.2 Å². The summed E-state index contributed by atoms with van der Waals surface area (Å²) < 4.78 is 12.8. The van der Waals surface area contributed by atoms with E-state index in [2.05, 4.69) is 5.32 Å². The minimum absolute atomic E-state index is 0.119. The molecule has 0 bridgehead atoms. The van der Waals surface area contributed by atoms with E-state index in [0.717, 1.165) is 18.2 Å². The van der Waals surface area contributed by atoms with Gasteiger partial charge in [-0.3, -0.25) is 14.9 Å². The highest BCUT2D eigenvalue weighted by Gasteiger charge is 2.15. The van der Waals surface area contributed by atoms with Crippen molar-refractivity contribution in [3.05, 3.63) is 34.1 Å². The smallest absolute Gasteiger partial charge is 0.292 e. The number of amides is 1. The van der Waals surface area contributed by atoms with Gasteiger partial charge in [0.15, 0.2) is 0 Å². The van der Waals surface area contributed by atoms with E-state index >= 15 is 0 Å². The van der Waals surface area contributed by atoms with E-state index in [-0.39, 0.29) is 17.8 Å². The maximum absolute atomic E-state index is 12.8. The Morgan fingerprint density at radius 3 is 2.80 bits per heavy atom. The lowest BCUT2D eigenvalue weighted by Gasteiger charge is -2.04. The van der Waals surface area contributed by atoms with Gasteiger partial charge < -0.3 is 5.32 Å². The first-order valence-electron chi connectivity index (χ1n) is 4.28. The predicted octanol–water partition coefficient (Wildman–Crippen LogP) is 2.08. The number of nitrogens with zero attached hydrogens (tertiary/aromatic N) is 1. The Balaban J connectivity index is 3.07. The molecular weight excluding hydrogens is 203 g/mol. The monoisotopic (exact) mass is 212 g/mol. The van der Waals surface area contributed by atoms with E-state index in [4.69, 9.17) is 0 Å². The van der Waals surface area contributed by atoms with Crippen LogP contribution in [0.3, 0.4) is 0 Å². The molecule has 5 nitrogen and oxygen atoms in total. The highest BCUT2D eigenvalue weighted by molar-refractivity contribution is 5.92. The third kappa shape index (κ3) is 2.73. The first-order valence-corrected chi connectivity index (χ1v) is 4.28. The molecule has 1 amide bonds. The first kappa shape index (κ1) is 11.1. The molecule has 0 radical (unpaired) electrons. The number of rotatable bonds is 3. The van der Waals surface area contributed by atoms with Crippen molar-refractivity contribution in [1.82, 2.24) is 0 Å². The summed E-state index contributed by atoms with van der Waals surface area (Å²) in [5.74, 6) is -1.03. The summed E-state index contributed by atoms with van der Waals surface area (Å²) in [6.07, 6.45) is 0.174. The van der Waals surface area contributed by atoms with E-state index < -0.39 is 16.6 Å². The second kappa shape index (κ2) is 4.50. The molecule has 6 heteroatoms. The number of nitrogens with one attached hydrogen (secondary N) is 1. The predicted molar refractivity (Wildman–Crippen MR) is 52.0 cm³/mol. The molecule has 0 spiro atoms. The zero-order valence-corrected chi connectivity index (χ0v) is 7.99. The normalized spacial score (nSPS) is 9.73. The number of hydrogen-bond acceptors (Lipinski definition) is 3. The summed E-state index contributed by atoms with van der Waals surface area (Å²) in [4.78, 5) is 20.9. The maximum Gasteiger partial charge on any atom is 0.292 e. The number of hydrogen-bond donors (Lipinski definition) is 1. The lowest BCUT2D eigenvalue weighted by Crippen LogP contribution is -2.11. The van der Waals surface area contributed by atoms with Crippen LogP contribution in [0.25, 0.3) is 0 Å². The van der Waals surface area contributed by atoms with Gasteiger partial charge in [0.05, 0.1) is 4.92 Å². The van der Waals surface area contributed by atoms with Crippen LogP contribution in [-0.2, 0) is 4.79 Å². The molecule has 1 rings (SSSR count). The van der Waals surface area contributed by atoms with E-state index in [1.54, 1.807) is 6.92 Å². The zero-order valence-electron chi connectivity index (χ0n) is 7.99. The van der Waals surface area contributed by atoms with Gasteiger partial charge in [-0.1, -0.05) is 6.92 Å². The number of carbonyl (C=O) groups excluding carboxylic acids is 1. The van der Waals surface area contributed by atoms with Gasteiger partial charge in [-0.05, 0) is 6.07 Å². The van der Waals surface area contributed by atoms with E-state index in [0.29, 0.717) is 0 Å². The molecule has 0 saturated carbocycles. The van der Waals surface area contributed by atoms with Crippen molar-refractivity contribution >= 4 is 17.3 Å². The Hall–Kier alpha value is -1.98. The molecule has 0 fully saturated rings. The number of benzene rings is 1. The molecule has 1 aromatic rings. The van der Waals surface area contributed by atoms with Crippen LogP contribution < -0.4 is 5.32 Å². The molecule has 0 unspecified atom stereocenters. The summed E-state index contributed by atoms with van der Waals surface area (Å²) >= 11 is 0. The fourth-order valence-corrected chi connectivity index (χ4v) is 1.01. The Labute approximate surface area is 85.1 Å². The van der Waals surface area contributed by atoms with E-state index in [1.807, 2.05) is 0 Å². The summed E-state index contributed by atoms with van der Waals surface area (Å²) in [6.45, 7) is 1.60. The Morgan fingerprint density at radius 2 is 2.27 bits per heavy atom. The fraction of sp³-hybridized carbons (Fsp3) is 0.222. The van der Waals surface area contributed by atoms with Crippen LogP contribution in [0.1, 0.15) is 13.3 Å². The van der Waals surface area contributed by atoms with Crippen molar-refractivity contribution in [2.45, 2.75) is 13.3 Å². The van der Waals surface area contributed by atoms with Gasteiger partial charge >= 0.3 is 0 Å². The maximum atomic E-state index is 12.8. The third-order valence-electron chi connectivity index (χ3n) is 1.75. The summed E-state index contributed by atoms with van der Waals surface area (Å²) in [5, 5.41) is 12.8. The standard InChI is InChI=1S/C9H9FN2O3/c1-2-9(13)11-7-5-6(10)3-4-8(7)12(14)15/h3-5H,2H2,1H3,(H,11,13). The molecule has 0 aliphatic carbocycles. The lowest BCUT2D eigenvalue weighted by atomic mass is 10.2. The quantitative estimate of drug-likeness (QED) is 0.615. The number of carbonyl (C=O) groups is 1. The van der Waals surface area contributed by atoms with Crippen LogP contribution in [0.4, 0.5) is 15.8 Å². The number of nitro groups is 1. The van der Waals surface area contributed by atoms with Gasteiger partial charge in [0.2, 0.25) is 5.91 Å². The largest absolute Gasteiger partial charge is 0.320 e. The molecule has 80 valence electrons. The minimum Gasteiger partial charge on any atom is -0.320 e. The average molecular weight is 212 g/mol. The van der Waals surface area contributed by atoms with E-state index in [1.165, 1.54) is 0 Å². The summed E-state index contributed by atoms with van der Waals surface area (Å²) in [7, 11) is 0. The molecule has 1 N–H and O–H groups in total. The number of halogens is 1. The SMILES string of the molecule is CCC(=O)Nc1cc(F)ccc1[N+](=O)[O-]. The van der Waals surface area contributed by atoms with Crippen molar-refractivity contribution in [2.24, 2.45) is 0 Å². The van der Waals surface area contributed by atoms with Crippen molar-refractivity contribution in [1.29, 1.82) is 0 Å². The summed E-state index contributed by atoms with van der Waals surface area (Å²) in [6, 6.07) is 2.91. The second-order valence-corrected chi connectivity index (χ2v) is 2.82. The summed E-state index contributed by atoms with van der Waals surface area (Å²) in [5.41, 5.74) is -0.440. The van der Waals surface area contributed by atoms with Gasteiger partial charge in [-0.25, -0.2) is 4.39 Å². The fourth-order valence-electron chi connectivity index (χ4n) is 1.01. The molecule has 0 aromatic heterocycles. The highest BCUT2D eigenvalue weighted by atomic mass is 19.1. The number of nitro benzene ring substituents is 1. The Kier molecular flexibility index (Phi) is 3.33. The van der Waals surface area contributed by atoms with Gasteiger partial charge in [-0.2, -0.15) is 0 Å². The zero-order chi connectivity index (χ0) is 11.4. The van der Waals surface area contributed by atoms with Crippen molar-refractivity contribution in [3.63, 3.8) is 0 Å². The van der Waals surface area contributed by atoms with Gasteiger partial charge in [0.25, 0.3) is 5.69 Å². The van der Waals surface area contributed by atoms with Crippen LogP contribution in [0.2, 0.25) is 0 Å². The Bertz CT molecular complexity index is 406. The van der Waals surface area contributed by atoms with Crippen molar-refractivity contribution in [3.8, 4) is 0 Å². The third-order valence-corrected chi connectivity index (χ3v) is 1.75. The molecule has 0 saturated heterocycles. The van der Waals surface area contributed by atoms with Crippen molar-refractivity contribution in [2.75, 3.05) is 5.32 Å². The minimum atomic E-state index is -0.676. The first-order chi connectivity index (χ1) is 7.04. The van der Waals surface area contributed by atoms with Gasteiger partial charge in [0, 0.05) is 18.6 Å². The molecular formula is C9H9FN2O3. The van der Waals surface area contributed by atoms with Crippen LogP contribution in [0.5, 0.6) is 0 Å². The molecule has 1 aromatic carbocycles. The molecule has 0 heterocycles. The molecule has 0 atom stereocenters. The van der Waals surface area contributed by atoms with Crippen LogP contribution in [-0.4, -0.2) is 10.8 Å². The second-order valence-electron chi connectivity index (χ2n) is 2.82.